The Hall–Kier alpha value is -0.150. The van der Waals surface area contributed by atoms with Crippen LogP contribution in [0.3, 0.4) is 0 Å². The molecule has 0 spiro atoms. The number of aliphatic hydroxyl groups is 1. The minimum Gasteiger partial charge on any atom is -1.00 e. The maximum atomic E-state index is 8.83. The Morgan fingerprint density at radius 1 is 1.08 bits per heavy atom. The Kier molecular flexibility index (Phi) is 9.46. The van der Waals surface area contributed by atoms with Gasteiger partial charge in [0.15, 0.2) is 0 Å². The minimum atomic E-state index is -0.458. The third-order valence-electron chi connectivity index (χ3n) is 0.865. The first-order valence-electron chi connectivity index (χ1n) is 4.07. The molecular weight excluding hydrogens is 157 g/mol. The fourth-order valence-corrected chi connectivity index (χ4v) is 0. The second-order valence-corrected chi connectivity index (χ2v) is 4.85. The largest absolute Gasteiger partial charge is 1.00 e. The molecule has 0 unspecified atom stereocenters. The molecule has 78 valence electrons. The first-order chi connectivity index (χ1) is 4.56. The van der Waals surface area contributed by atoms with Crippen LogP contribution in [0.25, 0.3) is 0 Å². The van der Waals surface area contributed by atoms with Crippen molar-refractivity contribution >= 4 is 0 Å². The first kappa shape index (κ1) is 17.8. The Balaban J connectivity index is -0.000000126. The van der Waals surface area contributed by atoms with Gasteiger partial charge < -0.3 is 14.3 Å². The van der Waals surface area contributed by atoms with Gasteiger partial charge in [0.05, 0.1) is 33.8 Å². The standard InChI is InChI=1S/C5H12O.C4H12N.FH/c1-4-5(2,3)6;1-5(2,3)4;/h6H,4H2,1-3H3;1-4H3;1H/q;+1;/p-1. The highest BCUT2D eigenvalue weighted by molar-refractivity contribution is 4.59. The Bertz CT molecular complexity index is 85.7. The topological polar surface area (TPSA) is 20.2 Å². The summed E-state index contributed by atoms with van der Waals surface area (Å²) < 4.78 is 1.00. The summed E-state index contributed by atoms with van der Waals surface area (Å²) in [5, 5.41) is 8.83. The Morgan fingerprint density at radius 3 is 1.17 bits per heavy atom. The van der Waals surface area contributed by atoms with Gasteiger partial charge in [-0.15, -0.1) is 0 Å². The van der Waals surface area contributed by atoms with Crippen LogP contribution < -0.4 is 4.70 Å². The van der Waals surface area contributed by atoms with Gasteiger partial charge in [0.1, 0.15) is 0 Å². The summed E-state index contributed by atoms with van der Waals surface area (Å²) in [6.07, 6.45) is 0.826. The van der Waals surface area contributed by atoms with E-state index < -0.39 is 5.60 Å². The molecule has 0 saturated heterocycles. The average Bonchev–Trinajstić information content (AvgIpc) is 1.59. The smallest absolute Gasteiger partial charge is 0.0675 e. The van der Waals surface area contributed by atoms with E-state index in [9.17, 15) is 0 Å². The van der Waals surface area contributed by atoms with Gasteiger partial charge in [-0.3, -0.25) is 0 Å². The summed E-state index contributed by atoms with van der Waals surface area (Å²) >= 11 is 0. The van der Waals surface area contributed by atoms with Gasteiger partial charge in [0.25, 0.3) is 0 Å². The lowest BCUT2D eigenvalue weighted by Gasteiger charge is -2.14. The van der Waals surface area contributed by atoms with Crippen molar-refractivity contribution < 1.29 is 14.3 Å². The molecule has 0 bridgehead atoms. The first-order valence-corrected chi connectivity index (χ1v) is 4.07. The fourth-order valence-electron chi connectivity index (χ4n) is 0. The number of halogens is 1. The maximum Gasteiger partial charge on any atom is 0.0675 e. The summed E-state index contributed by atoms with van der Waals surface area (Å²) in [4.78, 5) is 0. The van der Waals surface area contributed by atoms with Gasteiger partial charge in [-0.05, 0) is 20.3 Å². The van der Waals surface area contributed by atoms with Crippen LogP contribution in [-0.2, 0) is 0 Å². The van der Waals surface area contributed by atoms with Crippen LogP contribution in [0, 0.1) is 0 Å². The third kappa shape index (κ3) is 95.0. The molecule has 0 atom stereocenters. The third-order valence-corrected chi connectivity index (χ3v) is 0.865. The quantitative estimate of drug-likeness (QED) is 0.488. The highest BCUT2D eigenvalue weighted by atomic mass is 19.0. The zero-order valence-corrected chi connectivity index (χ0v) is 9.48. The van der Waals surface area contributed by atoms with Crippen LogP contribution in [-0.4, -0.2) is 43.4 Å². The van der Waals surface area contributed by atoms with Crippen molar-refractivity contribution in [2.75, 3.05) is 28.2 Å². The van der Waals surface area contributed by atoms with Crippen LogP contribution in [0.4, 0.5) is 0 Å². The summed E-state index contributed by atoms with van der Waals surface area (Å²) in [6.45, 7) is 5.56. The van der Waals surface area contributed by atoms with E-state index in [0.29, 0.717) is 0 Å². The van der Waals surface area contributed by atoms with Crippen LogP contribution in [0.2, 0.25) is 0 Å². The van der Waals surface area contributed by atoms with Crippen molar-refractivity contribution in [2.24, 2.45) is 0 Å². The second-order valence-electron chi connectivity index (χ2n) is 4.85. The van der Waals surface area contributed by atoms with Crippen molar-refractivity contribution in [3.8, 4) is 0 Å². The molecule has 0 saturated carbocycles. The predicted molar refractivity (Wildman–Crippen MR) is 50.5 cm³/mol. The molecule has 0 aromatic rings. The molecule has 0 amide bonds. The zero-order chi connectivity index (χ0) is 9.71. The predicted octanol–water partition coefficient (Wildman–Crippen LogP) is -1.51. The van der Waals surface area contributed by atoms with Crippen LogP contribution in [0.1, 0.15) is 27.2 Å². The molecule has 12 heavy (non-hydrogen) atoms. The minimum absolute atomic E-state index is 0. The summed E-state index contributed by atoms with van der Waals surface area (Å²) in [6, 6.07) is 0. The van der Waals surface area contributed by atoms with E-state index in [1.165, 1.54) is 0 Å². The number of hydrogen-bond acceptors (Lipinski definition) is 1. The van der Waals surface area contributed by atoms with E-state index in [-0.39, 0.29) is 4.70 Å². The van der Waals surface area contributed by atoms with Crippen molar-refractivity contribution in [2.45, 2.75) is 32.8 Å². The molecule has 3 heteroatoms. The van der Waals surface area contributed by atoms with E-state index in [1.54, 1.807) is 13.8 Å². The molecule has 0 fully saturated rings. The van der Waals surface area contributed by atoms with Crippen LogP contribution in [0.5, 0.6) is 0 Å². The molecular formula is C9H24FNO. The van der Waals surface area contributed by atoms with Crippen molar-refractivity contribution in [3.05, 3.63) is 0 Å². The van der Waals surface area contributed by atoms with Gasteiger partial charge >= 0.3 is 0 Å². The molecule has 0 rings (SSSR count). The van der Waals surface area contributed by atoms with Crippen LogP contribution in [0.15, 0.2) is 0 Å². The lowest BCUT2D eigenvalue weighted by molar-refractivity contribution is -0.849. The van der Waals surface area contributed by atoms with Crippen molar-refractivity contribution in [3.63, 3.8) is 0 Å². The monoisotopic (exact) mass is 181 g/mol. The number of quaternary nitrogens is 1. The highest BCUT2D eigenvalue weighted by Crippen LogP contribution is 2.03. The summed E-state index contributed by atoms with van der Waals surface area (Å²) in [7, 11) is 8.50. The van der Waals surface area contributed by atoms with E-state index in [1.807, 2.05) is 6.92 Å². The molecule has 0 heterocycles. The zero-order valence-electron chi connectivity index (χ0n) is 9.48. The lowest BCUT2D eigenvalue weighted by Crippen LogP contribution is -3.00. The van der Waals surface area contributed by atoms with E-state index in [0.717, 1.165) is 10.9 Å². The molecule has 0 aromatic carbocycles. The van der Waals surface area contributed by atoms with Crippen molar-refractivity contribution in [1.82, 2.24) is 0 Å². The van der Waals surface area contributed by atoms with Crippen LogP contribution >= 0.6 is 0 Å². The molecule has 0 aromatic heterocycles. The fraction of sp³-hybridized carbons (Fsp3) is 1.00. The normalized spacial score (nSPS) is 11.0. The van der Waals surface area contributed by atoms with Gasteiger partial charge in [0, 0.05) is 0 Å². The summed E-state index contributed by atoms with van der Waals surface area (Å²) in [5.41, 5.74) is -0.458. The van der Waals surface area contributed by atoms with Gasteiger partial charge in [0.2, 0.25) is 0 Å². The van der Waals surface area contributed by atoms with Crippen molar-refractivity contribution in [1.29, 1.82) is 0 Å². The average molecular weight is 181 g/mol. The number of rotatable bonds is 1. The van der Waals surface area contributed by atoms with E-state index >= 15 is 0 Å². The SMILES string of the molecule is CCC(C)(C)O.C[N+](C)(C)C.[F-]. The Labute approximate surface area is 76.2 Å². The van der Waals surface area contributed by atoms with Gasteiger partial charge in [-0.25, -0.2) is 0 Å². The summed E-state index contributed by atoms with van der Waals surface area (Å²) in [5.74, 6) is 0. The molecule has 0 aliphatic heterocycles. The number of hydrogen-bond donors (Lipinski definition) is 1. The maximum absolute atomic E-state index is 8.83. The van der Waals surface area contributed by atoms with Gasteiger partial charge in [-0.2, -0.15) is 0 Å². The Morgan fingerprint density at radius 2 is 1.17 bits per heavy atom. The van der Waals surface area contributed by atoms with Gasteiger partial charge in [-0.1, -0.05) is 6.92 Å². The molecule has 0 aliphatic carbocycles. The molecule has 0 radical (unpaired) electrons. The lowest BCUT2D eigenvalue weighted by atomic mass is 10.1. The molecule has 0 aliphatic rings. The molecule has 1 N–H and O–H groups in total. The highest BCUT2D eigenvalue weighted by Gasteiger charge is 2.05. The van der Waals surface area contributed by atoms with E-state index in [4.69, 9.17) is 5.11 Å². The second kappa shape index (κ2) is 6.38. The number of nitrogens with zero attached hydrogens (tertiary/aromatic N) is 1. The molecule has 2 nitrogen and oxygen atoms in total. The van der Waals surface area contributed by atoms with E-state index in [2.05, 4.69) is 28.2 Å².